The molecule has 1 amide bonds. The summed E-state index contributed by atoms with van der Waals surface area (Å²) in [5.74, 6) is -0.136. The van der Waals surface area contributed by atoms with E-state index in [4.69, 9.17) is 29.6 Å². The van der Waals surface area contributed by atoms with Crippen molar-refractivity contribution in [3.8, 4) is 0 Å². The number of anilines is 1. The number of hydrogen-bond acceptors (Lipinski definition) is 3. The van der Waals surface area contributed by atoms with Crippen LogP contribution in [-0.2, 0) is 11.3 Å². The molecule has 3 N–H and O–H groups in total. The predicted molar refractivity (Wildman–Crippen MR) is 87.6 cm³/mol. The molecule has 0 unspecified atom stereocenters. The Hall–Kier alpha value is -1.92. The molecular weight excluding hydrogens is 308 g/mol. The van der Waals surface area contributed by atoms with E-state index in [9.17, 15) is 4.79 Å². The van der Waals surface area contributed by atoms with E-state index in [1.807, 2.05) is 19.1 Å². The highest BCUT2D eigenvalue weighted by atomic mass is 35.5. The summed E-state index contributed by atoms with van der Waals surface area (Å²) in [4.78, 5) is 12.2. The summed E-state index contributed by atoms with van der Waals surface area (Å²) in [6.45, 7) is 2.27. The number of aromatic nitrogens is 2. The lowest BCUT2D eigenvalue weighted by molar-refractivity contribution is -0.116. The Balaban J connectivity index is 1.97. The molecule has 2 rings (SSSR count). The van der Waals surface area contributed by atoms with E-state index < -0.39 is 0 Å². The van der Waals surface area contributed by atoms with Gasteiger partial charge in [0.1, 0.15) is 4.99 Å². The van der Waals surface area contributed by atoms with Crippen molar-refractivity contribution < 1.29 is 4.79 Å². The van der Waals surface area contributed by atoms with Gasteiger partial charge < -0.3 is 11.1 Å². The van der Waals surface area contributed by atoms with Crippen LogP contribution in [-0.4, -0.2) is 20.7 Å². The lowest BCUT2D eigenvalue weighted by atomic mass is 10.1. The van der Waals surface area contributed by atoms with E-state index in [1.54, 1.807) is 23.0 Å². The van der Waals surface area contributed by atoms with Crippen molar-refractivity contribution in [2.75, 3.05) is 5.32 Å². The molecule has 7 heteroatoms. The van der Waals surface area contributed by atoms with Gasteiger partial charge in [0.15, 0.2) is 0 Å². The second-order valence-electron chi connectivity index (χ2n) is 4.53. The van der Waals surface area contributed by atoms with Gasteiger partial charge in [-0.1, -0.05) is 36.0 Å². The molecule has 110 valence electrons. The molecule has 5 nitrogen and oxygen atoms in total. The van der Waals surface area contributed by atoms with Crippen LogP contribution in [0.25, 0.3) is 0 Å². The first-order valence-electron chi connectivity index (χ1n) is 6.35. The number of rotatable bonds is 5. The average molecular weight is 323 g/mol. The number of aryl methyl sites for hydroxylation is 2. The van der Waals surface area contributed by atoms with Crippen LogP contribution in [0.15, 0.2) is 30.5 Å². The highest BCUT2D eigenvalue weighted by Gasteiger charge is 2.09. The molecule has 1 aromatic carbocycles. The molecule has 0 aliphatic carbocycles. The largest absolute Gasteiger partial charge is 0.389 e. The van der Waals surface area contributed by atoms with Crippen molar-refractivity contribution in [1.29, 1.82) is 0 Å². The zero-order valence-electron chi connectivity index (χ0n) is 11.5. The van der Waals surface area contributed by atoms with E-state index >= 15 is 0 Å². The van der Waals surface area contributed by atoms with E-state index in [2.05, 4.69) is 10.4 Å². The third-order valence-electron chi connectivity index (χ3n) is 2.92. The third-order valence-corrected chi connectivity index (χ3v) is 3.51. The van der Waals surface area contributed by atoms with Gasteiger partial charge in [-0.2, -0.15) is 5.10 Å². The first-order chi connectivity index (χ1) is 9.97. The zero-order valence-corrected chi connectivity index (χ0v) is 13.0. The van der Waals surface area contributed by atoms with Gasteiger partial charge in [0, 0.05) is 24.7 Å². The summed E-state index contributed by atoms with van der Waals surface area (Å²) < 4.78 is 1.65. The topological polar surface area (TPSA) is 72.9 Å². The third kappa shape index (κ3) is 4.03. The first-order valence-corrected chi connectivity index (χ1v) is 7.14. The van der Waals surface area contributed by atoms with E-state index in [0.717, 1.165) is 5.69 Å². The number of amides is 1. The lowest BCUT2D eigenvalue weighted by Crippen LogP contribution is -2.18. The predicted octanol–water partition coefficient (Wildman–Crippen LogP) is 2.51. The molecule has 1 aromatic heterocycles. The normalized spacial score (nSPS) is 10.4. The van der Waals surface area contributed by atoms with Gasteiger partial charge in [-0.25, -0.2) is 0 Å². The van der Waals surface area contributed by atoms with Crippen molar-refractivity contribution in [1.82, 2.24) is 9.78 Å². The minimum absolute atomic E-state index is 0.136. The molecule has 0 aliphatic heterocycles. The minimum Gasteiger partial charge on any atom is -0.389 e. The highest BCUT2D eigenvalue weighted by Crippen LogP contribution is 2.15. The minimum atomic E-state index is -0.136. The average Bonchev–Trinajstić information content (AvgIpc) is 2.76. The summed E-state index contributed by atoms with van der Waals surface area (Å²) in [5.41, 5.74) is 7.64. The quantitative estimate of drug-likeness (QED) is 0.830. The maximum Gasteiger partial charge on any atom is 0.226 e. The van der Waals surface area contributed by atoms with Crippen LogP contribution in [0.3, 0.4) is 0 Å². The second-order valence-corrected chi connectivity index (χ2v) is 5.38. The number of hydrogen-bond donors (Lipinski definition) is 2. The van der Waals surface area contributed by atoms with Crippen LogP contribution in [0, 0.1) is 6.92 Å². The Morgan fingerprint density at radius 2 is 2.19 bits per heavy atom. The summed E-state index contributed by atoms with van der Waals surface area (Å²) in [7, 11) is 0. The fraction of sp³-hybridized carbons (Fsp3) is 0.214. The van der Waals surface area contributed by atoms with Crippen LogP contribution in [0.4, 0.5) is 5.69 Å². The monoisotopic (exact) mass is 322 g/mol. The Bertz CT molecular complexity index is 664. The fourth-order valence-electron chi connectivity index (χ4n) is 1.84. The Morgan fingerprint density at radius 1 is 1.48 bits per heavy atom. The number of nitrogens with two attached hydrogens (primary N) is 1. The molecule has 0 bridgehead atoms. The zero-order chi connectivity index (χ0) is 15.4. The molecule has 21 heavy (non-hydrogen) atoms. The SMILES string of the molecule is Cc1nn(CCC(=O)Nc2ccccc2C(N)=S)cc1Cl. The van der Waals surface area contributed by atoms with E-state index in [-0.39, 0.29) is 17.3 Å². The molecule has 0 spiro atoms. The molecule has 0 radical (unpaired) electrons. The number of halogens is 1. The van der Waals surface area contributed by atoms with Crippen molar-refractivity contribution in [3.63, 3.8) is 0 Å². The Morgan fingerprint density at radius 3 is 2.81 bits per heavy atom. The molecule has 2 aromatic rings. The van der Waals surface area contributed by atoms with Gasteiger partial charge in [0.2, 0.25) is 5.91 Å². The number of para-hydroxylation sites is 1. The maximum absolute atomic E-state index is 12.0. The molecule has 0 atom stereocenters. The number of benzene rings is 1. The van der Waals surface area contributed by atoms with Crippen molar-refractivity contribution in [3.05, 3.63) is 46.7 Å². The number of carbonyl (C=O) groups is 1. The number of thiocarbonyl (C=S) groups is 1. The molecule has 1 heterocycles. The standard InChI is InChI=1S/C14H15ClN4OS/c1-9-11(15)8-19(18-9)7-6-13(20)17-12-5-3-2-4-10(12)14(16)21/h2-5,8H,6-7H2,1H3,(H2,16,21)(H,17,20). The summed E-state index contributed by atoms with van der Waals surface area (Å²) in [6, 6.07) is 7.17. The molecular formula is C14H15ClN4OS. The van der Waals surface area contributed by atoms with Gasteiger partial charge >= 0.3 is 0 Å². The van der Waals surface area contributed by atoms with Gasteiger partial charge in [-0.05, 0) is 19.1 Å². The number of nitrogens with one attached hydrogen (secondary N) is 1. The maximum atomic E-state index is 12.0. The molecule has 0 aliphatic rings. The number of carbonyl (C=O) groups excluding carboxylic acids is 1. The highest BCUT2D eigenvalue weighted by molar-refractivity contribution is 7.80. The van der Waals surface area contributed by atoms with Crippen molar-refractivity contribution >= 4 is 40.4 Å². The molecule has 0 saturated carbocycles. The van der Waals surface area contributed by atoms with Gasteiger partial charge in [-0.3, -0.25) is 9.48 Å². The van der Waals surface area contributed by atoms with Crippen molar-refractivity contribution in [2.45, 2.75) is 19.9 Å². The molecule has 0 saturated heterocycles. The molecule has 0 fully saturated rings. The van der Waals surface area contributed by atoms with Crippen LogP contribution >= 0.6 is 23.8 Å². The van der Waals surface area contributed by atoms with Crippen LogP contribution < -0.4 is 11.1 Å². The van der Waals surface area contributed by atoms with Crippen LogP contribution in [0.2, 0.25) is 5.02 Å². The van der Waals surface area contributed by atoms with Gasteiger partial charge in [0.05, 0.1) is 16.4 Å². The summed E-state index contributed by atoms with van der Waals surface area (Å²) in [6.07, 6.45) is 1.98. The van der Waals surface area contributed by atoms with Gasteiger partial charge in [0.25, 0.3) is 0 Å². The van der Waals surface area contributed by atoms with Crippen molar-refractivity contribution in [2.24, 2.45) is 5.73 Å². The summed E-state index contributed by atoms with van der Waals surface area (Å²) in [5, 5.41) is 7.59. The van der Waals surface area contributed by atoms with Crippen LogP contribution in [0.1, 0.15) is 17.7 Å². The smallest absolute Gasteiger partial charge is 0.226 e. The number of nitrogens with zero attached hydrogens (tertiary/aromatic N) is 2. The van der Waals surface area contributed by atoms with Gasteiger partial charge in [-0.15, -0.1) is 0 Å². The van der Waals surface area contributed by atoms with E-state index in [0.29, 0.717) is 22.8 Å². The first kappa shape index (κ1) is 15.5. The lowest BCUT2D eigenvalue weighted by Gasteiger charge is -2.09. The van der Waals surface area contributed by atoms with Crippen LogP contribution in [0.5, 0.6) is 0 Å². The Kier molecular flexibility index (Phi) is 4.93. The van der Waals surface area contributed by atoms with E-state index in [1.165, 1.54) is 0 Å². The summed E-state index contributed by atoms with van der Waals surface area (Å²) >= 11 is 10.9. The second kappa shape index (κ2) is 6.69. The fourth-order valence-corrected chi connectivity index (χ4v) is 2.17. The Labute approximate surface area is 133 Å².